The fourth-order valence-electron chi connectivity index (χ4n) is 2.21. The maximum Gasteiger partial charge on any atom is 0.166 e. The van der Waals surface area contributed by atoms with E-state index < -0.39 is 0 Å². The molecular weight excluding hydrogens is 265 g/mol. The Balaban J connectivity index is 2.41. The number of ether oxygens (including phenoxy) is 1. The molecule has 112 valence electrons. The maximum atomic E-state index is 14.1. The first-order valence-electron chi connectivity index (χ1n) is 7.09. The van der Waals surface area contributed by atoms with Crippen LogP contribution in [0.2, 0.25) is 0 Å². The lowest BCUT2D eigenvalue weighted by Gasteiger charge is -2.23. The Bertz CT molecular complexity index is 644. The number of hydrogen-bond donors (Lipinski definition) is 1. The van der Waals surface area contributed by atoms with Gasteiger partial charge < -0.3 is 10.5 Å². The summed E-state index contributed by atoms with van der Waals surface area (Å²) in [5.41, 5.74) is 8.32. The summed E-state index contributed by atoms with van der Waals surface area (Å²) in [6, 6.07) is 10.9. The number of hydrogen-bond acceptors (Lipinski definition) is 2. The van der Waals surface area contributed by atoms with Crippen molar-refractivity contribution in [1.29, 1.82) is 0 Å². The second-order valence-electron chi connectivity index (χ2n) is 6.32. The zero-order chi connectivity index (χ0) is 15.6. The van der Waals surface area contributed by atoms with Crippen LogP contribution in [0.5, 0.6) is 11.5 Å². The van der Waals surface area contributed by atoms with Crippen LogP contribution in [0.15, 0.2) is 36.4 Å². The molecule has 3 heteroatoms. The molecule has 0 spiro atoms. The minimum Gasteiger partial charge on any atom is -0.454 e. The van der Waals surface area contributed by atoms with Gasteiger partial charge in [0.25, 0.3) is 0 Å². The smallest absolute Gasteiger partial charge is 0.166 e. The van der Waals surface area contributed by atoms with Gasteiger partial charge in [0.1, 0.15) is 5.75 Å². The van der Waals surface area contributed by atoms with Crippen molar-refractivity contribution in [3.05, 3.63) is 58.9 Å². The molecule has 0 heterocycles. The predicted molar refractivity (Wildman–Crippen MR) is 84.2 cm³/mol. The van der Waals surface area contributed by atoms with Crippen LogP contribution < -0.4 is 10.5 Å². The molecule has 2 rings (SSSR count). The summed E-state index contributed by atoms with van der Waals surface area (Å²) in [6.07, 6.45) is 0. The van der Waals surface area contributed by atoms with Crippen LogP contribution in [0.1, 0.15) is 37.5 Å². The van der Waals surface area contributed by atoms with E-state index in [0.29, 0.717) is 12.3 Å². The van der Waals surface area contributed by atoms with E-state index in [-0.39, 0.29) is 17.0 Å². The molecule has 0 saturated heterocycles. The molecule has 0 unspecified atom stereocenters. The highest BCUT2D eigenvalue weighted by molar-refractivity contribution is 5.44. The summed E-state index contributed by atoms with van der Waals surface area (Å²) >= 11 is 0. The number of rotatable bonds is 3. The highest BCUT2D eigenvalue weighted by Crippen LogP contribution is 2.35. The van der Waals surface area contributed by atoms with Crippen LogP contribution in [-0.2, 0) is 12.0 Å². The van der Waals surface area contributed by atoms with Crippen LogP contribution in [0.25, 0.3) is 0 Å². The van der Waals surface area contributed by atoms with E-state index >= 15 is 0 Å². The van der Waals surface area contributed by atoms with E-state index in [4.69, 9.17) is 10.5 Å². The summed E-state index contributed by atoms with van der Waals surface area (Å²) in [7, 11) is 0. The molecule has 0 fully saturated rings. The average molecular weight is 287 g/mol. The number of benzene rings is 2. The quantitative estimate of drug-likeness (QED) is 0.889. The van der Waals surface area contributed by atoms with E-state index in [1.807, 2.05) is 25.1 Å². The number of halogens is 1. The van der Waals surface area contributed by atoms with Crippen molar-refractivity contribution in [3.63, 3.8) is 0 Å². The largest absolute Gasteiger partial charge is 0.454 e. The van der Waals surface area contributed by atoms with E-state index in [0.717, 1.165) is 16.7 Å². The second kappa shape index (κ2) is 5.86. The monoisotopic (exact) mass is 287 g/mol. The molecule has 0 aliphatic carbocycles. The van der Waals surface area contributed by atoms with Gasteiger partial charge in [0.15, 0.2) is 11.6 Å². The molecule has 2 N–H and O–H groups in total. The molecule has 0 aliphatic heterocycles. The Labute approximate surface area is 125 Å². The summed E-state index contributed by atoms with van der Waals surface area (Å²) in [5, 5.41) is 0. The Morgan fingerprint density at radius 2 is 1.76 bits per heavy atom. The SMILES string of the molecule is Cc1ccc(C(C)(C)C)c(Oc2ccc(CN)cc2F)c1. The highest BCUT2D eigenvalue weighted by atomic mass is 19.1. The third-order valence-electron chi connectivity index (χ3n) is 3.40. The Morgan fingerprint density at radius 3 is 2.33 bits per heavy atom. The summed E-state index contributed by atoms with van der Waals surface area (Å²) in [5.74, 6) is 0.532. The lowest BCUT2D eigenvalue weighted by molar-refractivity contribution is 0.424. The van der Waals surface area contributed by atoms with Crippen molar-refractivity contribution < 1.29 is 9.13 Å². The van der Waals surface area contributed by atoms with Crippen molar-refractivity contribution >= 4 is 0 Å². The minimum atomic E-state index is -0.390. The first kappa shape index (κ1) is 15.5. The fraction of sp³-hybridized carbons (Fsp3) is 0.333. The fourth-order valence-corrected chi connectivity index (χ4v) is 2.21. The Morgan fingerprint density at radius 1 is 1.05 bits per heavy atom. The van der Waals surface area contributed by atoms with Gasteiger partial charge in [0.2, 0.25) is 0 Å². The molecule has 2 aromatic rings. The molecule has 0 atom stereocenters. The Kier molecular flexibility index (Phi) is 4.33. The van der Waals surface area contributed by atoms with E-state index in [2.05, 4.69) is 20.8 Å². The third kappa shape index (κ3) is 3.61. The molecule has 2 aromatic carbocycles. The van der Waals surface area contributed by atoms with Gasteiger partial charge in [-0.1, -0.05) is 39.0 Å². The number of nitrogens with two attached hydrogens (primary N) is 1. The molecular formula is C18H22FNO. The van der Waals surface area contributed by atoms with E-state index in [1.54, 1.807) is 12.1 Å². The molecule has 0 saturated carbocycles. The van der Waals surface area contributed by atoms with Crippen molar-refractivity contribution in [2.45, 2.75) is 39.7 Å². The van der Waals surface area contributed by atoms with Crippen LogP contribution in [-0.4, -0.2) is 0 Å². The molecule has 0 amide bonds. The normalized spacial score (nSPS) is 11.5. The Hall–Kier alpha value is -1.87. The molecule has 0 radical (unpaired) electrons. The van der Waals surface area contributed by atoms with Gasteiger partial charge in [-0.05, 0) is 41.7 Å². The van der Waals surface area contributed by atoms with Gasteiger partial charge in [-0.15, -0.1) is 0 Å². The van der Waals surface area contributed by atoms with Gasteiger partial charge in [-0.25, -0.2) is 4.39 Å². The van der Waals surface area contributed by atoms with Crippen molar-refractivity contribution in [1.82, 2.24) is 0 Å². The minimum absolute atomic E-state index is 0.0727. The van der Waals surface area contributed by atoms with E-state index in [1.165, 1.54) is 6.07 Å². The van der Waals surface area contributed by atoms with Gasteiger partial charge in [-0.3, -0.25) is 0 Å². The molecule has 2 nitrogen and oxygen atoms in total. The summed E-state index contributed by atoms with van der Waals surface area (Å²) < 4.78 is 19.9. The van der Waals surface area contributed by atoms with Gasteiger partial charge in [-0.2, -0.15) is 0 Å². The lowest BCUT2D eigenvalue weighted by atomic mass is 9.86. The molecule has 0 aromatic heterocycles. The van der Waals surface area contributed by atoms with Crippen LogP contribution in [0, 0.1) is 12.7 Å². The van der Waals surface area contributed by atoms with Crippen LogP contribution in [0.4, 0.5) is 4.39 Å². The summed E-state index contributed by atoms with van der Waals surface area (Å²) in [6.45, 7) is 8.64. The van der Waals surface area contributed by atoms with Crippen molar-refractivity contribution in [2.24, 2.45) is 5.73 Å². The zero-order valence-electron chi connectivity index (χ0n) is 13.0. The van der Waals surface area contributed by atoms with E-state index in [9.17, 15) is 4.39 Å². The summed E-state index contributed by atoms with van der Waals surface area (Å²) in [4.78, 5) is 0. The van der Waals surface area contributed by atoms with Crippen molar-refractivity contribution in [3.8, 4) is 11.5 Å². The zero-order valence-corrected chi connectivity index (χ0v) is 13.0. The molecule has 0 bridgehead atoms. The second-order valence-corrected chi connectivity index (χ2v) is 6.32. The van der Waals surface area contributed by atoms with Crippen LogP contribution in [0.3, 0.4) is 0 Å². The standard InChI is InChI=1S/C18H22FNO/c1-12-5-7-14(18(2,3)4)17(9-12)21-16-8-6-13(11-20)10-15(16)19/h5-10H,11,20H2,1-4H3. The lowest BCUT2D eigenvalue weighted by Crippen LogP contribution is -2.12. The average Bonchev–Trinajstić information content (AvgIpc) is 2.39. The van der Waals surface area contributed by atoms with Crippen LogP contribution >= 0.6 is 0 Å². The maximum absolute atomic E-state index is 14.1. The highest BCUT2D eigenvalue weighted by Gasteiger charge is 2.20. The van der Waals surface area contributed by atoms with Gasteiger partial charge in [0.05, 0.1) is 0 Å². The van der Waals surface area contributed by atoms with Gasteiger partial charge in [0, 0.05) is 12.1 Å². The van der Waals surface area contributed by atoms with Crippen molar-refractivity contribution in [2.75, 3.05) is 0 Å². The predicted octanol–water partition coefficient (Wildman–Crippen LogP) is 4.68. The molecule has 21 heavy (non-hydrogen) atoms. The third-order valence-corrected chi connectivity index (χ3v) is 3.40. The molecule has 0 aliphatic rings. The first-order valence-corrected chi connectivity index (χ1v) is 7.09. The number of aryl methyl sites for hydroxylation is 1. The first-order chi connectivity index (χ1) is 9.81. The van der Waals surface area contributed by atoms with Gasteiger partial charge >= 0.3 is 0 Å². The topological polar surface area (TPSA) is 35.2 Å².